The zero-order valence-electron chi connectivity index (χ0n) is 17.2. The largest absolute Gasteiger partial charge is 0.462 e. The van der Waals surface area contributed by atoms with E-state index in [9.17, 15) is 18.0 Å². The first-order chi connectivity index (χ1) is 14.0. The molecule has 0 aliphatic heterocycles. The van der Waals surface area contributed by atoms with Gasteiger partial charge < -0.3 is 8.92 Å². The summed E-state index contributed by atoms with van der Waals surface area (Å²) < 4.78 is 37.3. The van der Waals surface area contributed by atoms with Crippen LogP contribution < -0.4 is 14.2 Å². The van der Waals surface area contributed by atoms with Gasteiger partial charge in [0, 0.05) is 7.05 Å². The molecule has 2 aromatic rings. The molecule has 0 saturated heterocycles. The molecular formula is C16H23N7O6S. The van der Waals surface area contributed by atoms with Gasteiger partial charge in [-0.25, -0.2) is 19.3 Å². The Hall–Kier alpha value is -3.29. The van der Waals surface area contributed by atoms with Crippen LogP contribution in [0.5, 0.6) is 5.88 Å². The molecule has 0 fully saturated rings. The lowest BCUT2D eigenvalue weighted by Gasteiger charge is -2.09. The molecule has 0 aliphatic carbocycles. The Kier molecular flexibility index (Phi) is 7.26. The van der Waals surface area contributed by atoms with E-state index in [0.717, 1.165) is 6.42 Å². The number of urea groups is 1. The fourth-order valence-electron chi connectivity index (χ4n) is 2.29. The van der Waals surface area contributed by atoms with E-state index in [1.165, 1.54) is 11.7 Å². The average molecular weight is 441 g/mol. The molecule has 0 unspecified atom stereocenters. The Morgan fingerprint density at radius 2 is 1.73 bits per heavy atom. The number of nitrogens with zero attached hydrogens (tertiary/aromatic N) is 5. The summed E-state index contributed by atoms with van der Waals surface area (Å²) in [6.07, 6.45) is 1.47. The number of anilines is 1. The lowest BCUT2D eigenvalue weighted by Crippen LogP contribution is -2.38. The molecule has 0 aliphatic rings. The predicted octanol–water partition coefficient (Wildman–Crippen LogP) is 0.933. The van der Waals surface area contributed by atoms with E-state index in [2.05, 4.69) is 25.4 Å². The summed E-state index contributed by atoms with van der Waals surface area (Å²) in [6, 6.07) is -1.17. The third-order valence-electron chi connectivity index (χ3n) is 3.73. The van der Waals surface area contributed by atoms with Crippen LogP contribution in [-0.4, -0.2) is 51.8 Å². The zero-order chi connectivity index (χ0) is 22.5. The molecule has 0 atom stereocenters. The summed E-state index contributed by atoms with van der Waals surface area (Å²) in [6.45, 7) is 6.82. The van der Waals surface area contributed by atoms with E-state index in [0.29, 0.717) is 23.8 Å². The summed E-state index contributed by atoms with van der Waals surface area (Å²) in [4.78, 5) is 36.0. The van der Waals surface area contributed by atoms with Crippen LogP contribution in [0, 0.1) is 20.8 Å². The second-order valence-corrected chi connectivity index (χ2v) is 7.50. The van der Waals surface area contributed by atoms with Crippen molar-refractivity contribution in [1.82, 2.24) is 29.5 Å². The van der Waals surface area contributed by atoms with Gasteiger partial charge in [-0.05, 0) is 27.2 Å². The molecule has 2 aromatic heterocycles. The van der Waals surface area contributed by atoms with E-state index in [-0.39, 0.29) is 18.1 Å². The lowest BCUT2D eigenvalue weighted by atomic mass is 10.2. The van der Waals surface area contributed by atoms with Crippen molar-refractivity contribution >= 4 is 28.3 Å². The van der Waals surface area contributed by atoms with Gasteiger partial charge in [0.2, 0.25) is 5.95 Å². The van der Waals surface area contributed by atoms with Crippen LogP contribution in [0.1, 0.15) is 47.5 Å². The van der Waals surface area contributed by atoms with Crippen LogP contribution >= 0.6 is 0 Å². The number of aryl methyl sites for hydroxylation is 3. The number of amides is 2. The van der Waals surface area contributed by atoms with Gasteiger partial charge in [-0.2, -0.15) is 18.4 Å². The van der Waals surface area contributed by atoms with Gasteiger partial charge in [-0.3, -0.25) is 10.00 Å². The van der Waals surface area contributed by atoms with Crippen LogP contribution in [0.2, 0.25) is 0 Å². The van der Waals surface area contributed by atoms with E-state index in [1.54, 1.807) is 25.5 Å². The Labute approximate surface area is 173 Å². The zero-order valence-corrected chi connectivity index (χ0v) is 18.0. The van der Waals surface area contributed by atoms with Crippen molar-refractivity contribution in [2.75, 3.05) is 11.9 Å². The molecule has 2 rings (SSSR count). The molecule has 0 spiro atoms. The standard InChI is InChI=1S/C16H23N7O6S/c1-6-7-8-28-14(24)12-9(2)23(5)21-13(12)29-30(26,27)22-16(25)20-15-18-10(3)17-11(4)19-15/h6-8H2,1-5H3,(H2,17,18,19,20,22,25). The molecular weight excluding hydrogens is 418 g/mol. The second kappa shape index (κ2) is 9.47. The van der Waals surface area contributed by atoms with Gasteiger partial charge in [-0.15, -0.1) is 5.10 Å². The smallest absolute Gasteiger partial charge is 0.412 e. The minimum atomic E-state index is -4.68. The highest BCUT2D eigenvalue weighted by molar-refractivity contribution is 7.85. The molecule has 2 amide bonds. The fraction of sp³-hybridized carbons (Fsp3) is 0.500. The Bertz CT molecular complexity index is 1030. The van der Waals surface area contributed by atoms with Gasteiger partial charge in [0.05, 0.1) is 12.3 Å². The quantitative estimate of drug-likeness (QED) is 0.444. The molecule has 30 heavy (non-hydrogen) atoms. The minimum absolute atomic E-state index is 0.137. The maximum atomic E-state index is 12.3. The number of unbranched alkanes of at least 4 members (excludes halogenated alkanes) is 1. The third kappa shape index (κ3) is 6.10. The molecule has 164 valence electrons. The molecule has 0 radical (unpaired) electrons. The van der Waals surface area contributed by atoms with Crippen LogP contribution in [0.25, 0.3) is 0 Å². The van der Waals surface area contributed by atoms with Gasteiger partial charge in [-0.1, -0.05) is 13.3 Å². The van der Waals surface area contributed by atoms with Gasteiger partial charge >= 0.3 is 22.3 Å². The molecule has 2 heterocycles. The lowest BCUT2D eigenvalue weighted by molar-refractivity contribution is 0.0497. The second-order valence-electron chi connectivity index (χ2n) is 6.23. The van der Waals surface area contributed by atoms with Crippen molar-refractivity contribution in [3.8, 4) is 5.88 Å². The molecule has 13 nitrogen and oxygen atoms in total. The van der Waals surface area contributed by atoms with Crippen LogP contribution in [0.15, 0.2) is 0 Å². The fourth-order valence-corrected chi connectivity index (χ4v) is 2.93. The van der Waals surface area contributed by atoms with Crippen molar-refractivity contribution in [1.29, 1.82) is 0 Å². The van der Waals surface area contributed by atoms with Crippen LogP contribution in [0.3, 0.4) is 0 Å². The molecule has 2 N–H and O–H groups in total. The Morgan fingerprint density at radius 1 is 1.10 bits per heavy atom. The van der Waals surface area contributed by atoms with Crippen LogP contribution in [0.4, 0.5) is 10.7 Å². The van der Waals surface area contributed by atoms with E-state index < -0.39 is 28.2 Å². The Morgan fingerprint density at radius 3 is 2.33 bits per heavy atom. The SMILES string of the molecule is CCCCOC(=O)c1c(OS(=O)(=O)NC(=O)Nc2nc(C)nc(C)n2)nn(C)c1C. The van der Waals surface area contributed by atoms with E-state index in [1.807, 2.05) is 6.92 Å². The third-order valence-corrected chi connectivity index (χ3v) is 4.54. The highest BCUT2D eigenvalue weighted by Crippen LogP contribution is 2.23. The van der Waals surface area contributed by atoms with Crippen LogP contribution in [-0.2, 0) is 22.1 Å². The van der Waals surface area contributed by atoms with Crippen molar-refractivity contribution in [2.45, 2.75) is 40.5 Å². The van der Waals surface area contributed by atoms with E-state index >= 15 is 0 Å². The van der Waals surface area contributed by atoms with Crippen molar-refractivity contribution in [2.24, 2.45) is 7.05 Å². The van der Waals surface area contributed by atoms with Crippen molar-refractivity contribution in [3.63, 3.8) is 0 Å². The summed E-state index contributed by atoms with van der Waals surface area (Å²) in [5.41, 5.74) is 0.186. The minimum Gasteiger partial charge on any atom is -0.462 e. The molecule has 0 bridgehead atoms. The number of aromatic nitrogens is 5. The molecule has 0 aromatic carbocycles. The number of carbonyl (C=O) groups is 2. The monoisotopic (exact) mass is 441 g/mol. The summed E-state index contributed by atoms with van der Waals surface area (Å²) >= 11 is 0. The maximum absolute atomic E-state index is 12.3. The van der Waals surface area contributed by atoms with Crippen molar-refractivity contribution < 1.29 is 26.9 Å². The molecule has 14 heteroatoms. The number of hydrogen-bond acceptors (Lipinski definition) is 10. The van der Waals surface area contributed by atoms with Gasteiger partial charge in [0.15, 0.2) is 0 Å². The topological polar surface area (TPSA) is 167 Å². The number of ether oxygens (including phenoxy) is 1. The summed E-state index contributed by atoms with van der Waals surface area (Å²) in [5, 5.41) is 6.03. The van der Waals surface area contributed by atoms with Gasteiger partial charge in [0.25, 0.3) is 5.88 Å². The normalized spacial score (nSPS) is 11.1. The van der Waals surface area contributed by atoms with E-state index in [4.69, 9.17) is 8.92 Å². The number of rotatable bonds is 8. The highest BCUT2D eigenvalue weighted by Gasteiger charge is 2.28. The summed E-state index contributed by atoms with van der Waals surface area (Å²) in [5.74, 6) is -0.746. The van der Waals surface area contributed by atoms with Crippen molar-refractivity contribution in [3.05, 3.63) is 22.9 Å². The number of hydrogen-bond donors (Lipinski definition) is 2. The number of carbonyl (C=O) groups excluding carboxylic acids is 2. The maximum Gasteiger partial charge on any atom is 0.412 e. The Balaban J connectivity index is 2.13. The first-order valence-electron chi connectivity index (χ1n) is 8.95. The predicted molar refractivity (Wildman–Crippen MR) is 104 cm³/mol. The first kappa shape index (κ1) is 23.0. The highest BCUT2D eigenvalue weighted by atomic mass is 32.2. The van der Waals surface area contributed by atoms with Gasteiger partial charge in [0.1, 0.15) is 17.2 Å². The average Bonchev–Trinajstić information content (AvgIpc) is 2.86. The number of nitrogens with one attached hydrogen (secondary N) is 2. The summed E-state index contributed by atoms with van der Waals surface area (Å²) in [7, 11) is -3.17. The first-order valence-corrected chi connectivity index (χ1v) is 10.4. The number of esters is 1. The molecule has 0 saturated carbocycles.